The van der Waals surface area contributed by atoms with Gasteiger partial charge in [0, 0.05) is 24.7 Å². The topological polar surface area (TPSA) is 78.0 Å². The molecule has 138 valence electrons. The summed E-state index contributed by atoms with van der Waals surface area (Å²) < 4.78 is 1.84. The highest BCUT2D eigenvalue weighted by atomic mass is 35.5. The van der Waals surface area contributed by atoms with Gasteiger partial charge in [-0.3, -0.25) is 0 Å². The number of benzene rings is 1. The third kappa shape index (κ3) is 3.53. The number of allylic oxidation sites excluding steroid dienone is 1. The maximum absolute atomic E-state index is 12.8. The summed E-state index contributed by atoms with van der Waals surface area (Å²) in [4.78, 5) is 20.7. The van der Waals surface area contributed by atoms with Gasteiger partial charge in [-0.05, 0) is 36.1 Å². The van der Waals surface area contributed by atoms with Crippen molar-refractivity contribution in [3.63, 3.8) is 0 Å². The number of carbonyl (C=O) groups is 1. The summed E-state index contributed by atoms with van der Waals surface area (Å²) in [6.45, 7) is 3.03. The number of fused-ring (bicyclic) bond motifs is 1. The molecule has 0 atom stereocenters. The van der Waals surface area contributed by atoms with E-state index in [1.54, 1.807) is 6.07 Å². The third-order valence-corrected chi connectivity index (χ3v) is 5.33. The highest BCUT2D eigenvalue weighted by Gasteiger charge is 2.28. The van der Waals surface area contributed by atoms with E-state index in [1.807, 2.05) is 32.7 Å². The van der Waals surface area contributed by atoms with Crippen LogP contribution in [-0.2, 0) is 13.1 Å². The van der Waals surface area contributed by atoms with E-state index in [0.717, 1.165) is 17.0 Å². The van der Waals surface area contributed by atoms with Crippen LogP contribution in [-0.4, -0.2) is 50.2 Å². The molecule has 1 fully saturated rings. The van der Waals surface area contributed by atoms with Crippen LogP contribution >= 0.6 is 11.6 Å². The zero-order chi connectivity index (χ0) is 18.8. The SMILES string of the molecule is N#CC(=C1CCN(C(=O)N2CCn3ncnc3C2)CC1)c1cccc(Cl)c1. The van der Waals surface area contributed by atoms with E-state index in [9.17, 15) is 10.1 Å². The second-order valence-corrected chi connectivity index (χ2v) is 7.13. The Labute approximate surface area is 162 Å². The number of rotatable bonds is 1. The molecule has 0 N–H and O–H groups in total. The second kappa shape index (κ2) is 7.41. The predicted molar refractivity (Wildman–Crippen MR) is 101 cm³/mol. The first kappa shape index (κ1) is 17.6. The molecule has 4 rings (SSSR count). The first-order valence-corrected chi connectivity index (χ1v) is 9.32. The number of nitriles is 1. The van der Waals surface area contributed by atoms with Crippen LogP contribution in [0.1, 0.15) is 24.2 Å². The van der Waals surface area contributed by atoms with Crippen molar-refractivity contribution in [2.24, 2.45) is 0 Å². The van der Waals surface area contributed by atoms with Crippen LogP contribution in [0.25, 0.3) is 5.57 Å². The van der Waals surface area contributed by atoms with E-state index >= 15 is 0 Å². The molecule has 8 heteroatoms. The highest BCUT2D eigenvalue weighted by molar-refractivity contribution is 6.30. The molecule has 2 aliphatic rings. The number of amides is 2. The van der Waals surface area contributed by atoms with Crippen LogP contribution in [0.15, 0.2) is 36.2 Å². The lowest BCUT2D eigenvalue weighted by Crippen LogP contribution is -2.48. The molecule has 2 aliphatic heterocycles. The van der Waals surface area contributed by atoms with E-state index in [1.165, 1.54) is 6.33 Å². The molecule has 0 unspecified atom stereocenters. The molecule has 0 spiro atoms. The molecule has 0 aliphatic carbocycles. The Morgan fingerprint density at radius 2 is 1.96 bits per heavy atom. The van der Waals surface area contributed by atoms with Crippen LogP contribution in [0, 0.1) is 11.3 Å². The van der Waals surface area contributed by atoms with Crippen molar-refractivity contribution in [2.75, 3.05) is 19.6 Å². The van der Waals surface area contributed by atoms with Crippen LogP contribution in [0.2, 0.25) is 5.02 Å². The molecule has 0 radical (unpaired) electrons. The number of carbonyl (C=O) groups excluding carboxylic acids is 1. The average Bonchev–Trinajstić information content (AvgIpc) is 3.16. The molecule has 0 bridgehead atoms. The minimum Gasteiger partial charge on any atom is -0.324 e. The number of urea groups is 1. The van der Waals surface area contributed by atoms with E-state index in [-0.39, 0.29) is 6.03 Å². The number of halogens is 1. The first-order valence-electron chi connectivity index (χ1n) is 8.94. The Balaban J connectivity index is 1.44. The summed E-state index contributed by atoms with van der Waals surface area (Å²) in [7, 11) is 0. The minimum absolute atomic E-state index is 0.0320. The molecule has 7 nitrogen and oxygen atoms in total. The smallest absolute Gasteiger partial charge is 0.320 e. The maximum atomic E-state index is 12.8. The number of likely N-dealkylation sites (tertiary alicyclic amines) is 1. The molecule has 1 aromatic carbocycles. The van der Waals surface area contributed by atoms with Crippen molar-refractivity contribution in [2.45, 2.75) is 25.9 Å². The summed E-state index contributed by atoms with van der Waals surface area (Å²) in [5.41, 5.74) is 2.60. The Bertz CT molecular complexity index is 934. The van der Waals surface area contributed by atoms with Gasteiger partial charge in [0.2, 0.25) is 0 Å². The molecular formula is C19H19ClN6O. The summed E-state index contributed by atoms with van der Waals surface area (Å²) in [5.74, 6) is 0.819. The zero-order valence-electron chi connectivity index (χ0n) is 14.8. The summed E-state index contributed by atoms with van der Waals surface area (Å²) in [6.07, 6.45) is 2.93. The van der Waals surface area contributed by atoms with Crippen LogP contribution < -0.4 is 0 Å². The minimum atomic E-state index is 0.0320. The molecule has 3 heterocycles. The summed E-state index contributed by atoms with van der Waals surface area (Å²) in [5, 5.41) is 14.4. The Hall–Kier alpha value is -2.85. The predicted octanol–water partition coefficient (Wildman–Crippen LogP) is 2.94. The highest BCUT2D eigenvalue weighted by Crippen LogP contribution is 2.28. The molecule has 27 heavy (non-hydrogen) atoms. The maximum Gasteiger partial charge on any atom is 0.320 e. The van der Waals surface area contributed by atoms with Crippen molar-refractivity contribution in [3.05, 3.63) is 52.6 Å². The largest absolute Gasteiger partial charge is 0.324 e. The molecule has 2 amide bonds. The van der Waals surface area contributed by atoms with E-state index in [4.69, 9.17) is 11.6 Å². The van der Waals surface area contributed by atoms with Gasteiger partial charge in [-0.25, -0.2) is 14.5 Å². The number of hydrogen-bond donors (Lipinski definition) is 0. The van der Waals surface area contributed by atoms with Crippen molar-refractivity contribution < 1.29 is 4.79 Å². The lowest BCUT2D eigenvalue weighted by molar-refractivity contribution is 0.135. The fraction of sp³-hybridized carbons (Fsp3) is 0.368. The third-order valence-electron chi connectivity index (χ3n) is 5.10. The van der Waals surface area contributed by atoms with Crippen LogP contribution in [0.5, 0.6) is 0 Å². The van der Waals surface area contributed by atoms with Crippen molar-refractivity contribution in [1.82, 2.24) is 24.6 Å². The molecular weight excluding hydrogens is 364 g/mol. The van der Waals surface area contributed by atoms with E-state index in [0.29, 0.717) is 56.2 Å². The van der Waals surface area contributed by atoms with Gasteiger partial charge >= 0.3 is 6.03 Å². The van der Waals surface area contributed by atoms with Crippen molar-refractivity contribution >= 4 is 23.2 Å². The van der Waals surface area contributed by atoms with Gasteiger partial charge < -0.3 is 9.80 Å². The Morgan fingerprint density at radius 1 is 1.15 bits per heavy atom. The molecule has 1 saturated heterocycles. The van der Waals surface area contributed by atoms with Gasteiger partial charge in [0.25, 0.3) is 0 Å². The lowest BCUT2D eigenvalue weighted by Gasteiger charge is -2.35. The number of aromatic nitrogens is 3. The van der Waals surface area contributed by atoms with Gasteiger partial charge in [-0.1, -0.05) is 23.7 Å². The number of nitrogens with zero attached hydrogens (tertiary/aromatic N) is 6. The monoisotopic (exact) mass is 382 g/mol. The fourth-order valence-corrected chi connectivity index (χ4v) is 3.83. The summed E-state index contributed by atoms with van der Waals surface area (Å²) in [6, 6.07) is 9.72. The van der Waals surface area contributed by atoms with Gasteiger partial charge in [-0.2, -0.15) is 10.4 Å². The van der Waals surface area contributed by atoms with E-state index < -0.39 is 0 Å². The second-order valence-electron chi connectivity index (χ2n) is 6.69. The van der Waals surface area contributed by atoms with Gasteiger partial charge in [0.05, 0.1) is 24.7 Å². The lowest BCUT2D eigenvalue weighted by atomic mass is 9.94. The fourth-order valence-electron chi connectivity index (χ4n) is 3.64. The van der Waals surface area contributed by atoms with Crippen LogP contribution in [0.3, 0.4) is 0 Å². The van der Waals surface area contributed by atoms with Crippen molar-refractivity contribution in [1.29, 1.82) is 5.26 Å². The number of piperidine rings is 1. The normalized spacial score (nSPS) is 16.7. The Morgan fingerprint density at radius 3 is 2.70 bits per heavy atom. The molecule has 2 aromatic rings. The Kier molecular flexibility index (Phi) is 4.82. The van der Waals surface area contributed by atoms with Gasteiger partial charge in [0.15, 0.2) is 0 Å². The van der Waals surface area contributed by atoms with Crippen LogP contribution in [0.4, 0.5) is 4.79 Å². The average molecular weight is 383 g/mol. The zero-order valence-corrected chi connectivity index (χ0v) is 15.6. The van der Waals surface area contributed by atoms with Crippen molar-refractivity contribution in [3.8, 4) is 6.07 Å². The number of hydrogen-bond acceptors (Lipinski definition) is 4. The summed E-state index contributed by atoms with van der Waals surface area (Å²) >= 11 is 6.06. The van der Waals surface area contributed by atoms with Gasteiger partial charge in [0.1, 0.15) is 12.2 Å². The van der Waals surface area contributed by atoms with Gasteiger partial charge in [-0.15, -0.1) is 0 Å². The standard InChI is InChI=1S/C19H19ClN6O/c20-16-3-1-2-15(10-16)17(11-21)14-4-6-24(7-5-14)19(27)25-8-9-26-18(12-25)22-13-23-26/h1-3,10,13H,4-9,12H2. The molecule has 0 saturated carbocycles. The molecule has 1 aromatic heterocycles. The van der Waals surface area contributed by atoms with E-state index in [2.05, 4.69) is 16.2 Å². The first-order chi connectivity index (χ1) is 13.2. The quantitative estimate of drug-likeness (QED) is 0.710.